The highest BCUT2D eigenvalue weighted by Crippen LogP contribution is 1.91. The molecule has 0 saturated heterocycles. The maximum absolute atomic E-state index is 11.3. The summed E-state index contributed by atoms with van der Waals surface area (Å²) in [5, 5.41) is 9.84. The van der Waals surface area contributed by atoms with E-state index in [0.717, 1.165) is 0 Å². The van der Waals surface area contributed by atoms with Crippen molar-refractivity contribution in [2.45, 2.75) is 6.92 Å². The van der Waals surface area contributed by atoms with E-state index in [1.807, 2.05) is 0 Å². The molecular weight excluding hydrogens is 168 g/mol. The second-order valence-electron chi connectivity index (χ2n) is 2.35. The van der Waals surface area contributed by atoms with Gasteiger partial charge in [0.25, 0.3) is 5.91 Å². The van der Waals surface area contributed by atoms with Gasteiger partial charge in [-0.1, -0.05) is 11.1 Å². The number of rotatable bonds is 2. The minimum atomic E-state index is -0.213. The van der Waals surface area contributed by atoms with Crippen molar-refractivity contribution in [3.63, 3.8) is 0 Å². The number of aryl methyl sites for hydroxylation is 1. The number of nitrogens with one attached hydrogen (secondary N) is 1. The smallest absolute Gasteiger partial charge is 0.271 e. The van der Waals surface area contributed by atoms with E-state index in [1.165, 1.54) is 10.9 Å². The van der Waals surface area contributed by atoms with Crippen molar-refractivity contribution >= 4 is 5.91 Å². The van der Waals surface area contributed by atoms with Crippen LogP contribution in [0.4, 0.5) is 0 Å². The third-order valence-electron chi connectivity index (χ3n) is 1.46. The van der Waals surface area contributed by atoms with Crippen molar-refractivity contribution < 1.29 is 4.79 Å². The van der Waals surface area contributed by atoms with E-state index in [9.17, 15) is 4.79 Å². The molecule has 0 saturated carbocycles. The number of hydrogen-bond donors (Lipinski definition) is 1. The molecular formula is C8H10N4O. The van der Waals surface area contributed by atoms with Gasteiger partial charge >= 0.3 is 0 Å². The van der Waals surface area contributed by atoms with E-state index in [0.29, 0.717) is 12.2 Å². The molecule has 0 spiro atoms. The summed E-state index contributed by atoms with van der Waals surface area (Å²) >= 11 is 0. The maximum atomic E-state index is 11.3. The molecule has 5 nitrogen and oxygen atoms in total. The van der Waals surface area contributed by atoms with Crippen molar-refractivity contribution in [2.75, 3.05) is 6.54 Å². The SMILES string of the molecule is CC#CCNC(=O)c1cnnn1C. The molecule has 0 fully saturated rings. The zero-order valence-corrected chi connectivity index (χ0v) is 7.53. The second-order valence-corrected chi connectivity index (χ2v) is 2.35. The number of carbonyl (C=O) groups is 1. The third kappa shape index (κ3) is 2.30. The van der Waals surface area contributed by atoms with Gasteiger partial charge in [-0.3, -0.25) is 4.79 Å². The van der Waals surface area contributed by atoms with Gasteiger partial charge in [0.2, 0.25) is 0 Å². The molecule has 0 bridgehead atoms. The van der Waals surface area contributed by atoms with E-state index >= 15 is 0 Å². The maximum Gasteiger partial charge on any atom is 0.271 e. The van der Waals surface area contributed by atoms with E-state index in [-0.39, 0.29) is 5.91 Å². The molecule has 0 unspecified atom stereocenters. The molecule has 0 atom stereocenters. The predicted octanol–water partition coefficient (Wildman–Crippen LogP) is -0.432. The molecule has 68 valence electrons. The Morgan fingerprint density at radius 1 is 1.77 bits per heavy atom. The van der Waals surface area contributed by atoms with Gasteiger partial charge in [0, 0.05) is 7.05 Å². The third-order valence-corrected chi connectivity index (χ3v) is 1.46. The van der Waals surface area contributed by atoms with Crippen LogP contribution in [0.25, 0.3) is 0 Å². The monoisotopic (exact) mass is 178 g/mol. The van der Waals surface area contributed by atoms with Crippen molar-refractivity contribution in [3.8, 4) is 11.8 Å². The van der Waals surface area contributed by atoms with Crippen molar-refractivity contribution in [3.05, 3.63) is 11.9 Å². The molecule has 0 aliphatic rings. The van der Waals surface area contributed by atoms with Gasteiger partial charge in [0.1, 0.15) is 5.69 Å². The highest BCUT2D eigenvalue weighted by Gasteiger charge is 2.08. The Bertz CT molecular complexity index is 358. The summed E-state index contributed by atoms with van der Waals surface area (Å²) in [6.45, 7) is 2.07. The lowest BCUT2D eigenvalue weighted by Gasteiger charge is -1.99. The number of aromatic nitrogens is 3. The van der Waals surface area contributed by atoms with Crippen LogP contribution in [0, 0.1) is 11.8 Å². The molecule has 1 aromatic heterocycles. The number of amides is 1. The van der Waals surface area contributed by atoms with Crippen LogP contribution >= 0.6 is 0 Å². The Hall–Kier alpha value is -1.83. The predicted molar refractivity (Wildman–Crippen MR) is 46.8 cm³/mol. The fourth-order valence-corrected chi connectivity index (χ4v) is 0.799. The summed E-state index contributed by atoms with van der Waals surface area (Å²) in [7, 11) is 1.66. The van der Waals surface area contributed by atoms with Crippen molar-refractivity contribution in [1.82, 2.24) is 20.3 Å². The molecule has 0 aliphatic heterocycles. The number of carbonyl (C=O) groups excluding carboxylic acids is 1. The molecule has 0 radical (unpaired) electrons. The zero-order valence-electron chi connectivity index (χ0n) is 7.53. The molecule has 1 N–H and O–H groups in total. The minimum absolute atomic E-state index is 0.213. The first-order chi connectivity index (χ1) is 6.25. The van der Waals surface area contributed by atoms with Crippen molar-refractivity contribution in [1.29, 1.82) is 0 Å². The summed E-state index contributed by atoms with van der Waals surface area (Å²) < 4.78 is 1.41. The van der Waals surface area contributed by atoms with Gasteiger partial charge in [0.05, 0.1) is 12.7 Å². The van der Waals surface area contributed by atoms with Crippen LogP contribution in [0.1, 0.15) is 17.4 Å². The van der Waals surface area contributed by atoms with Crippen LogP contribution in [0.5, 0.6) is 0 Å². The molecule has 1 amide bonds. The molecule has 1 heterocycles. The fraction of sp³-hybridized carbons (Fsp3) is 0.375. The molecule has 0 aromatic carbocycles. The van der Waals surface area contributed by atoms with Crippen LogP contribution < -0.4 is 5.32 Å². The van der Waals surface area contributed by atoms with Gasteiger partial charge in [-0.15, -0.1) is 11.0 Å². The Kier molecular flexibility index (Phi) is 3.03. The first kappa shape index (κ1) is 9.26. The highest BCUT2D eigenvalue weighted by atomic mass is 16.2. The van der Waals surface area contributed by atoms with Crippen LogP contribution in [0.15, 0.2) is 6.20 Å². The minimum Gasteiger partial charge on any atom is -0.340 e. The lowest BCUT2D eigenvalue weighted by atomic mass is 10.4. The van der Waals surface area contributed by atoms with Crippen molar-refractivity contribution in [2.24, 2.45) is 7.05 Å². The lowest BCUT2D eigenvalue weighted by molar-refractivity contribution is 0.0949. The van der Waals surface area contributed by atoms with Crippen LogP contribution in [0.2, 0.25) is 0 Å². The van der Waals surface area contributed by atoms with Crippen LogP contribution in [0.3, 0.4) is 0 Å². The van der Waals surface area contributed by atoms with Crippen LogP contribution in [-0.4, -0.2) is 27.4 Å². The van der Waals surface area contributed by atoms with Gasteiger partial charge in [-0.05, 0) is 6.92 Å². The average molecular weight is 178 g/mol. The number of hydrogen-bond acceptors (Lipinski definition) is 3. The number of nitrogens with zero attached hydrogens (tertiary/aromatic N) is 3. The van der Waals surface area contributed by atoms with Gasteiger partial charge in [-0.2, -0.15) is 0 Å². The van der Waals surface area contributed by atoms with E-state index < -0.39 is 0 Å². The quantitative estimate of drug-likeness (QED) is 0.625. The first-order valence-electron chi connectivity index (χ1n) is 3.78. The largest absolute Gasteiger partial charge is 0.340 e. The average Bonchev–Trinajstić information content (AvgIpc) is 2.52. The standard InChI is InChI=1S/C8H10N4O/c1-3-4-5-9-8(13)7-6-10-11-12(7)2/h6H,5H2,1-2H3,(H,9,13). The van der Waals surface area contributed by atoms with Gasteiger partial charge < -0.3 is 5.32 Å². The Morgan fingerprint density at radius 3 is 3.08 bits per heavy atom. The molecule has 5 heteroatoms. The molecule has 1 rings (SSSR count). The Balaban J connectivity index is 2.57. The topological polar surface area (TPSA) is 59.8 Å². The molecule has 1 aromatic rings. The summed E-state index contributed by atoms with van der Waals surface area (Å²) in [6.07, 6.45) is 1.41. The Morgan fingerprint density at radius 2 is 2.54 bits per heavy atom. The van der Waals surface area contributed by atoms with Gasteiger partial charge in [-0.25, -0.2) is 4.68 Å². The molecule has 0 aliphatic carbocycles. The van der Waals surface area contributed by atoms with E-state index in [4.69, 9.17) is 0 Å². The second kappa shape index (κ2) is 4.26. The highest BCUT2D eigenvalue weighted by molar-refractivity contribution is 5.92. The zero-order chi connectivity index (χ0) is 9.68. The summed E-state index contributed by atoms with van der Waals surface area (Å²) in [4.78, 5) is 11.3. The summed E-state index contributed by atoms with van der Waals surface area (Å²) in [5.41, 5.74) is 0.429. The summed E-state index contributed by atoms with van der Waals surface area (Å²) in [5.74, 6) is 5.20. The summed E-state index contributed by atoms with van der Waals surface area (Å²) in [6, 6.07) is 0. The van der Waals surface area contributed by atoms with Gasteiger partial charge in [0.15, 0.2) is 0 Å². The fourth-order valence-electron chi connectivity index (χ4n) is 0.799. The Labute approximate surface area is 76.1 Å². The van der Waals surface area contributed by atoms with E-state index in [2.05, 4.69) is 27.5 Å². The molecule has 13 heavy (non-hydrogen) atoms. The van der Waals surface area contributed by atoms with E-state index in [1.54, 1.807) is 14.0 Å². The first-order valence-corrected chi connectivity index (χ1v) is 3.78. The van der Waals surface area contributed by atoms with Crippen LogP contribution in [-0.2, 0) is 7.05 Å². The normalized spacial score (nSPS) is 8.77. The lowest BCUT2D eigenvalue weighted by Crippen LogP contribution is -2.25.